The van der Waals surface area contributed by atoms with Gasteiger partial charge in [0.2, 0.25) is 20.0 Å². The van der Waals surface area contributed by atoms with Crippen LogP contribution in [-0.4, -0.2) is 95.0 Å². The van der Waals surface area contributed by atoms with E-state index in [-0.39, 0.29) is 34.5 Å². The number of hydrogen-bond donors (Lipinski definition) is 4. The predicted octanol–water partition coefficient (Wildman–Crippen LogP) is 2.30. The molecule has 0 aliphatic carbocycles. The van der Waals surface area contributed by atoms with Crippen molar-refractivity contribution in [2.24, 2.45) is 0 Å². The van der Waals surface area contributed by atoms with Crippen LogP contribution in [0.3, 0.4) is 0 Å². The van der Waals surface area contributed by atoms with Gasteiger partial charge in [-0.2, -0.15) is 4.31 Å². The Hall–Kier alpha value is -3.37. The maximum Gasteiger partial charge on any atom is 0.335 e. The Balaban J connectivity index is 1.12. The fraction of sp³-hybridized carbons (Fsp3) is 0.387. The van der Waals surface area contributed by atoms with E-state index >= 15 is 0 Å². The number of carbonyl (C=O) groups is 1. The number of nitrogens with one attached hydrogen (secondary N) is 2. The second kappa shape index (κ2) is 13.5. The van der Waals surface area contributed by atoms with Gasteiger partial charge in [-0.3, -0.25) is 0 Å². The molecule has 14 heteroatoms. The zero-order chi connectivity index (χ0) is 32.2. The Morgan fingerprint density at radius 3 is 2.38 bits per heavy atom. The molecule has 2 fully saturated rings. The third-order valence-electron chi connectivity index (χ3n) is 8.23. The van der Waals surface area contributed by atoms with Crippen molar-refractivity contribution < 1.29 is 41.3 Å². The average molecular weight is 660 g/mol. The quantitative estimate of drug-likeness (QED) is 0.226. The lowest BCUT2D eigenvalue weighted by atomic mass is 9.88. The minimum Gasteiger partial charge on any atom is -0.491 e. The fourth-order valence-electron chi connectivity index (χ4n) is 5.68. The van der Waals surface area contributed by atoms with Crippen molar-refractivity contribution in [2.75, 3.05) is 39.9 Å². The molecule has 12 nitrogen and oxygen atoms in total. The molecule has 2 unspecified atom stereocenters. The van der Waals surface area contributed by atoms with Crippen molar-refractivity contribution >= 4 is 26.0 Å². The van der Waals surface area contributed by atoms with Gasteiger partial charge in [0.15, 0.2) is 0 Å². The normalized spacial score (nSPS) is 19.4. The average Bonchev–Trinajstić information content (AvgIpc) is 3.45. The van der Waals surface area contributed by atoms with Gasteiger partial charge in [-0.15, -0.1) is 0 Å². The molecule has 3 aromatic carbocycles. The Kier molecular flexibility index (Phi) is 9.94. The molecule has 0 saturated carbocycles. The number of nitrogens with zero attached hydrogens (tertiary/aromatic N) is 1. The summed E-state index contributed by atoms with van der Waals surface area (Å²) >= 11 is 0. The van der Waals surface area contributed by atoms with Crippen LogP contribution < -0.4 is 14.8 Å². The fourth-order valence-corrected chi connectivity index (χ4v) is 7.93. The highest BCUT2D eigenvalue weighted by molar-refractivity contribution is 7.89. The van der Waals surface area contributed by atoms with Crippen LogP contribution in [0.2, 0.25) is 0 Å². The molecule has 1 spiro atoms. The predicted molar refractivity (Wildman–Crippen MR) is 166 cm³/mol. The summed E-state index contributed by atoms with van der Waals surface area (Å²) in [6, 6.07) is 18.9. The number of aliphatic hydroxyl groups is 1. The van der Waals surface area contributed by atoms with Crippen LogP contribution in [0.1, 0.15) is 29.6 Å². The summed E-state index contributed by atoms with van der Waals surface area (Å²) in [6.07, 6.45) is 0.888. The highest BCUT2D eigenvalue weighted by Gasteiger charge is 2.44. The molecule has 4 N–H and O–H groups in total. The summed E-state index contributed by atoms with van der Waals surface area (Å²) in [7, 11) is -6.06. The molecule has 0 amide bonds. The smallest absolute Gasteiger partial charge is 0.335 e. The molecule has 0 radical (unpaired) electrons. The van der Waals surface area contributed by atoms with Crippen molar-refractivity contribution in [3.8, 4) is 16.9 Å². The second-order valence-electron chi connectivity index (χ2n) is 11.3. The Labute approximate surface area is 263 Å². The molecule has 2 atom stereocenters. The molecule has 5 rings (SSSR count). The van der Waals surface area contributed by atoms with Gasteiger partial charge in [0, 0.05) is 31.7 Å². The summed E-state index contributed by atoms with van der Waals surface area (Å²) in [5.41, 5.74) is 0.903. The molecule has 2 heterocycles. The zero-order valence-electron chi connectivity index (χ0n) is 24.8. The third-order valence-corrected chi connectivity index (χ3v) is 11.5. The molecule has 242 valence electrons. The van der Waals surface area contributed by atoms with Crippen molar-refractivity contribution in [1.29, 1.82) is 0 Å². The van der Waals surface area contributed by atoms with Crippen LogP contribution in [0.5, 0.6) is 5.75 Å². The number of hydrogen-bond acceptors (Lipinski definition) is 9. The number of piperidine rings is 1. The van der Waals surface area contributed by atoms with E-state index in [4.69, 9.17) is 9.47 Å². The molecule has 3 aromatic rings. The van der Waals surface area contributed by atoms with Gasteiger partial charge in [-0.1, -0.05) is 30.3 Å². The highest BCUT2D eigenvalue weighted by Crippen LogP contribution is 2.37. The number of rotatable bonds is 12. The van der Waals surface area contributed by atoms with E-state index in [0.29, 0.717) is 55.8 Å². The summed E-state index contributed by atoms with van der Waals surface area (Å²) in [5, 5.41) is 23.1. The Bertz CT molecular complexity index is 1740. The van der Waals surface area contributed by atoms with Crippen LogP contribution in [0.15, 0.2) is 82.6 Å². The van der Waals surface area contributed by atoms with Gasteiger partial charge in [0.05, 0.1) is 27.6 Å². The molecular weight excluding hydrogens is 622 g/mol. The molecule has 0 aromatic heterocycles. The van der Waals surface area contributed by atoms with Crippen LogP contribution >= 0.6 is 0 Å². The largest absolute Gasteiger partial charge is 0.491 e. The van der Waals surface area contributed by atoms with Crippen LogP contribution in [0.25, 0.3) is 11.1 Å². The lowest BCUT2D eigenvalue weighted by molar-refractivity contribution is -0.0312. The zero-order valence-corrected chi connectivity index (χ0v) is 26.4. The molecule has 0 bridgehead atoms. The summed E-state index contributed by atoms with van der Waals surface area (Å²) in [4.78, 5) is 11.6. The number of carboxylic acids is 1. The Morgan fingerprint density at radius 2 is 1.67 bits per heavy atom. The number of ether oxygens (including phenoxy) is 2. The highest BCUT2D eigenvalue weighted by atomic mass is 32.2. The SMILES string of the molecule is CNS(=O)(=O)c1cccc(OCC(O)CNC2COC3(CCN(S(=O)(=O)c4cccc(-c5cccc(C(=O)O)c5)c4)CC3)C2)c1. The Morgan fingerprint density at radius 1 is 1.00 bits per heavy atom. The van der Waals surface area contributed by atoms with Crippen molar-refractivity contribution in [1.82, 2.24) is 14.3 Å². The monoisotopic (exact) mass is 659 g/mol. The third kappa shape index (κ3) is 7.72. The lowest BCUT2D eigenvalue weighted by Gasteiger charge is -2.38. The van der Waals surface area contributed by atoms with Gasteiger partial charge >= 0.3 is 5.97 Å². The first-order valence-electron chi connectivity index (χ1n) is 14.6. The van der Waals surface area contributed by atoms with Crippen molar-refractivity contribution in [2.45, 2.75) is 46.8 Å². The number of aliphatic hydroxyl groups excluding tert-OH is 1. The van der Waals surface area contributed by atoms with Gasteiger partial charge in [0.25, 0.3) is 0 Å². The van der Waals surface area contributed by atoms with Crippen LogP contribution in [-0.2, 0) is 24.8 Å². The van der Waals surface area contributed by atoms with Gasteiger partial charge in [0.1, 0.15) is 18.5 Å². The molecule has 45 heavy (non-hydrogen) atoms. The molecular formula is C31H37N3O9S2. The number of sulfonamides is 2. The first-order valence-corrected chi connectivity index (χ1v) is 17.5. The first-order chi connectivity index (χ1) is 21.4. The minimum absolute atomic E-state index is 0.0230. The number of aromatic carboxylic acids is 1. The molecule has 2 aliphatic heterocycles. The van der Waals surface area contributed by atoms with Crippen LogP contribution in [0.4, 0.5) is 0 Å². The molecule has 2 aliphatic rings. The first kappa shape index (κ1) is 33.0. The van der Waals surface area contributed by atoms with Gasteiger partial charge < -0.3 is 25.0 Å². The van der Waals surface area contributed by atoms with Crippen molar-refractivity contribution in [3.63, 3.8) is 0 Å². The lowest BCUT2D eigenvalue weighted by Crippen LogP contribution is -2.47. The second-order valence-corrected chi connectivity index (χ2v) is 15.1. The van der Waals surface area contributed by atoms with E-state index in [0.717, 1.165) is 0 Å². The standard InChI is InChI=1S/C31H37N3O9S2/c1-32-44(38,39)28-9-4-8-27(17-28)42-21-26(35)19-33-25-18-31(43-20-25)11-13-34(14-12-31)45(40,41)29-10-3-6-23(16-29)22-5-2-7-24(15-22)30(36)37/h2-10,15-17,25-26,32-33,35H,11-14,18-21H2,1H3,(H,36,37). The van der Waals surface area contributed by atoms with E-state index in [1.54, 1.807) is 48.5 Å². The van der Waals surface area contributed by atoms with Crippen molar-refractivity contribution in [3.05, 3.63) is 78.4 Å². The maximum atomic E-state index is 13.5. The van der Waals surface area contributed by atoms with Gasteiger partial charge in [-0.05, 0) is 73.8 Å². The van der Waals surface area contributed by atoms with E-state index < -0.39 is 37.7 Å². The summed E-state index contributed by atoms with van der Waals surface area (Å²) in [5.74, 6) is -0.725. The number of carboxylic acid groups (broad SMARTS) is 1. The minimum atomic E-state index is -3.78. The van der Waals surface area contributed by atoms with Crippen LogP contribution in [0, 0.1) is 0 Å². The van der Waals surface area contributed by atoms with E-state index in [2.05, 4.69) is 10.0 Å². The maximum absolute atomic E-state index is 13.5. The van der Waals surface area contributed by atoms with Gasteiger partial charge in [-0.25, -0.2) is 26.4 Å². The summed E-state index contributed by atoms with van der Waals surface area (Å²) < 4.78 is 66.6. The molecule has 2 saturated heterocycles. The van der Waals surface area contributed by atoms with E-state index in [1.807, 2.05) is 0 Å². The number of benzene rings is 3. The topological polar surface area (TPSA) is 172 Å². The van der Waals surface area contributed by atoms with E-state index in [1.165, 1.54) is 35.6 Å². The van der Waals surface area contributed by atoms with E-state index in [9.17, 15) is 31.8 Å². The summed E-state index contributed by atoms with van der Waals surface area (Å²) in [6.45, 7) is 1.24.